The SMILES string of the molecule is C=CCn1nnnc1Sc1ncnc2c(F)cccc12. The van der Waals surface area contributed by atoms with E-state index in [0.717, 1.165) is 0 Å². The zero-order chi connectivity index (χ0) is 13.9. The van der Waals surface area contributed by atoms with E-state index in [1.807, 2.05) is 0 Å². The molecular formula is C12H9FN6S. The molecule has 0 saturated heterocycles. The minimum atomic E-state index is -0.377. The summed E-state index contributed by atoms with van der Waals surface area (Å²) in [5.74, 6) is -0.377. The van der Waals surface area contributed by atoms with E-state index in [-0.39, 0.29) is 11.3 Å². The van der Waals surface area contributed by atoms with E-state index in [9.17, 15) is 4.39 Å². The molecule has 0 bridgehead atoms. The maximum atomic E-state index is 13.7. The smallest absolute Gasteiger partial charge is 0.215 e. The van der Waals surface area contributed by atoms with Gasteiger partial charge in [-0.05, 0) is 34.3 Å². The van der Waals surface area contributed by atoms with E-state index in [2.05, 4.69) is 32.1 Å². The minimum absolute atomic E-state index is 0.285. The van der Waals surface area contributed by atoms with E-state index in [4.69, 9.17) is 0 Å². The first-order valence-corrected chi connectivity index (χ1v) is 6.55. The predicted molar refractivity (Wildman–Crippen MR) is 71.6 cm³/mol. The standard InChI is InChI=1S/C12H9FN6S/c1-2-6-19-12(16-17-18-19)20-11-8-4-3-5-9(13)10(8)14-7-15-11/h2-5,7H,1,6H2. The summed E-state index contributed by atoms with van der Waals surface area (Å²) in [5, 5.41) is 13.2. The highest BCUT2D eigenvalue weighted by Gasteiger charge is 2.12. The van der Waals surface area contributed by atoms with Crippen LogP contribution in [0.1, 0.15) is 0 Å². The van der Waals surface area contributed by atoms with Crippen molar-refractivity contribution in [3.8, 4) is 0 Å². The van der Waals surface area contributed by atoms with Crippen LogP contribution in [-0.2, 0) is 6.54 Å². The average molecular weight is 288 g/mol. The Balaban J connectivity index is 2.04. The maximum Gasteiger partial charge on any atom is 0.215 e. The molecule has 0 spiro atoms. The molecule has 3 aromatic rings. The highest BCUT2D eigenvalue weighted by atomic mass is 32.2. The third kappa shape index (κ3) is 2.25. The first-order valence-electron chi connectivity index (χ1n) is 5.73. The largest absolute Gasteiger partial charge is 0.233 e. The van der Waals surface area contributed by atoms with Gasteiger partial charge in [-0.25, -0.2) is 19.0 Å². The zero-order valence-electron chi connectivity index (χ0n) is 10.3. The fourth-order valence-electron chi connectivity index (χ4n) is 1.70. The molecule has 0 N–H and O–H groups in total. The second-order valence-corrected chi connectivity index (χ2v) is 4.81. The lowest BCUT2D eigenvalue weighted by atomic mass is 10.2. The lowest BCUT2D eigenvalue weighted by Crippen LogP contribution is -2.00. The number of allylic oxidation sites excluding steroid dienone is 1. The van der Waals surface area contributed by atoms with Gasteiger partial charge in [0.2, 0.25) is 5.16 Å². The van der Waals surface area contributed by atoms with Crippen molar-refractivity contribution in [1.29, 1.82) is 0 Å². The van der Waals surface area contributed by atoms with Crippen molar-refractivity contribution < 1.29 is 4.39 Å². The summed E-state index contributed by atoms with van der Waals surface area (Å²) in [6.07, 6.45) is 3.02. The van der Waals surface area contributed by atoms with Crippen molar-refractivity contribution in [2.75, 3.05) is 0 Å². The van der Waals surface area contributed by atoms with E-state index in [0.29, 0.717) is 22.1 Å². The van der Waals surface area contributed by atoms with Gasteiger partial charge in [0.1, 0.15) is 22.7 Å². The molecule has 0 radical (unpaired) electrons. The van der Waals surface area contributed by atoms with Gasteiger partial charge in [0.15, 0.2) is 0 Å². The lowest BCUT2D eigenvalue weighted by Gasteiger charge is -2.04. The molecule has 0 amide bonds. The number of para-hydroxylation sites is 1. The summed E-state index contributed by atoms with van der Waals surface area (Å²) in [4.78, 5) is 8.13. The van der Waals surface area contributed by atoms with Crippen molar-refractivity contribution in [2.45, 2.75) is 16.7 Å². The molecule has 0 aliphatic carbocycles. The predicted octanol–water partition coefficient (Wildman–Crippen LogP) is 2.09. The Morgan fingerprint density at radius 3 is 3.10 bits per heavy atom. The second kappa shape index (κ2) is 5.33. The Kier molecular flexibility index (Phi) is 3.38. The number of rotatable bonds is 4. The summed E-state index contributed by atoms with van der Waals surface area (Å²) < 4.78 is 15.3. The molecule has 0 saturated carbocycles. The second-order valence-electron chi connectivity index (χ2n) is 3.85. The Morgan fingerprint density at radius 1 is 1.35 bits per heavy atom. The van der Waals surface area contributed by atoms with Gasteiger partial charge < -0.3 is 0 Å². The minimum Gasteiger partial charge on any atom is -0.233 e. The molecule has 0 aliphatic heterocycles. The molecule has 100 valence electrons. The van der Waals surface area contributed by atoms with Gasteiger partial charge in [0.05, 0.1) is 6.54 Å². The number of fused-ring (bicyclic) bond motifs is 1. The van der Waals surface area contributed by atoms with Gasteiger partial charge in [-0.3, -0.25) is 0 Å². The highest BCUT2D eigenvalue weighted by Crippen LogP contribution is 2.29. The summed E-state index contributed by atoms with van der Waals surface area (Å²) in [6, 6.07) is 4.76. The third-order valence-electron chi connectivity index (χ3n) is 2.57. The van der Waals surface area contributed by atoms with Crippen LogP contribution in [-0.4, -0.2) is 30.2 Å². The van der Waals surface area contributed by atoms with Gasteiger partial charge in [0.25, 0.3) is 0 Å². The van der Waals surface area contributed by atoms with Crippen LogP contribution >= 0.6 is 11.8 Å². The number of benzene rings is 1. The Hall–Kier alpha value is -2.35. The van der Waals surface area contributed by atoms with Crippen LogP contribution in [0.25, 0.3) is 10.9 Å². The van der Waals surface area contributed by atoms with Crippen molar-refractivity contribution in [3.63, 3.8) is 0 Å². The van der Waals surface area contributed by atoms with Crippen molar-refractivity contribution in [1.82, 2.24) is 30.2 Å². The van der Waals surface area contributed by atoms with Crippen LogP contribution in [0, 0.1) is 5.82 Å². The van der Waals surface area contributed by atoms with Gasteiger partial charge in [-0.1, -0.05) is 12.1 Å². The Morgan fingerprint density at radius 2 is 2.25 bits per heavy atom. The molecule has 0 unspecified atom stereocenters. The number of hydrogen-bond donors (Lipinski definition) is 0. The normalized spacial score (nSPS) is 10.8. The number of halogens is 1. The number of nitrogens with zero attached hydrogens (tertiary/aromatic N) is 6. The monoisotopic (exact) mass is 288 g/mol. The van der Waals surface area contributed by atoms with Gasteiger partial charge in [-0.2, -0.15) is 0 Å². The molecule has 2 heterocycles. The number of tetrazole rings is 1. The average Bonchev–Trinajstić information content (AvgIpc) is 2.88. The van der Waals surface area contributed by atoms with E-state index >= 15 is 0 Å². The lowest BCUT2D eigenvalue weighted by molar-refractivity contribution is 0.614. The molecule has 2 aromatic heterocycles. The molecule has 3 rings (SSSR count). The summed E-state index contributed by atoms with van der Waals surface area (Å²) >= 11 is 1.26. The Labute approximate surface area is 117 Å². The summed E-state index contributed by atoms with van der Waals surface area (Å²) in [6.45, 7) is 4.14. The number of hydrogen-bond acceptors (Lipinski definition) is 6. The van der Waals surface area contributed by atoms with Crippen LogP contribution in [0.2, 0.25) is 0 Å². The molecule has 6 nitrogen and oxygen atoms in total. The van der Waals surface area contributed by atoms with E-state index in [1.165, 1.54) is 24.2 Å². The molecule has 8 heteroatoms. The zero-order valence-corrected chi connectivity index (χ0v) is 11.1. The molecular weight excluding hydrogens is 279 g/mol. The van der Waals surface area contributed by atoms with Crippen molar-refractivity contribution >= 4 is 22.7 Å². The van der Waals surface area contributed by atoms with Crippen LogP contribution in [0.15, 0.2) is 47.4 Å². The van der Waals surface area contributed by atoms with Crippen LogP contribution in [0.4, 0.5) is 4.39 Å². The van der Waals surface area contributed by atoms with Gasteiger partial charge in [0, 0.05) is 5.39 Å². The van der Waals surface area contributed by atoms with Crippen LogP contribution in [0.5, 0.6) is 0 Å². The van der Waals surface area contributed by atoms with E-state index < -0.39 is 0 Å². The topological polar surface area (TPSA) is 69.4 Å². The third-order valence-corrected chi connectivity index (χ3v) is 3.56. The van der Waals surface area contributed by atoms with Gasteiger partial charge in [-0.15, -0.1) is 11.7 Å². The molecule has 0 atom stereocenters. The van der Waals surface area contributed by atoms with E-state index in [1.54, 1.807) is 22.9 Å². The number of aromatic nitrogens is 6. The van der Waals surface area contributed by atoms with Crippen LogP contribution < -0.4 is 0 Å². The molecule has 20 heavy (non-hydrogen) atoms. The summed E-state index contributed by atoms with van der Waals surface area (Å²) in [5.41, 5.74) is 0.285. The summed E-state index contributed by atoms with van der Waals surface area (Å²) in [7, 11) is 0. The molecule has 1 aromatic carbocycles. The maximum absolute atomic E-state index is 13.7. The molecule has 0 aliphatic rings. The molecule has 0 fully saturated rings. The first kappa shape index (κ1) is 12.7. The fraction of sp³-hybridized carbons (Fsp3) is 0.0833. The van der Waals surface area contributed by atoms with Crippen LogP contribution in [0.3, 0.4) is 0 Å². The Bertz CT molecular complexity index is 771. The van der Waals surface area contributed by atoms with Gasteiger partial charge >= 0.3 is 0 Å². The quantitative estimate of drug-likeness (QED) is 0.541. The van der Waals surface area contributed by atoms with Crippen molar-refractivity contribution in [2.24, 2.45) is 0 Å². The first-order chi connectivity index (χ1) is 9.79. The van der Waals surface area contributed by atoms with Crippen molar-refractivity contribution in [3.05, 3.63) is 43.0 Å². The fourth-order valence-corrected chi connectivity index (χ4v) is 2.54. The highest BCUT2D eigenvalue weighted by molar-refractivity contribution is 7.99.